The molecule has 0 bridgehead atoms. The van der Waals surface area contributed by atoms with Gasteiger partial charge < -0.3 is 14.6 Å². The van der Waals surface area contributed by atoms with Crippen LogP contribution < -0.4 is 5.32 Å². The molecule has 90 valence electrons. The van der Waals surface area contributed by atoms with E-state index in [0.29, 0.717) is 6.54 Å². The number of urea groups is 1. The van der Waals surface area contributed by atoms with Gasteiger partial charge in [-0.25, -0.2) is 4.79 Å². The van der Waals surface area contributed by atoms with Crippen molar-refractivity contribution in [3.05, 3.63) is 0 Å². The summed E-state index contributed by atoms with van der Waals surface area (Å²) in [6, 6.07) is -0.477. The Morgan fingerprint density at radius 3 is 2.94 bits per heavy atom. The molecule has 0 radical (unpaired) electrons. The molecule has 3 unspecified atom stereocenters. The standard InChI is InChI=1S/C9H14N2O5/c1-5-2-11(9(14)10-8(5)13)6-4-15-7(3-12)16-6/h5-7,12H,2-4H2,1H3,(H,10,13,14). The van der Waals surface area contributed by atoms with Crippen molar-refractivity contribution in [3.63, 3.8) is 0 Å². The fraction of sp³-hybridized carbons (Fsp3) is 0.778. The van der Waals surface area contributed by atoms with Gasteiger partial charge in [0.15, 0.2) is 12.5 Å². The summed E-state index contributed by atoms with van der Waals surface area (Å²) in [5.41, 5.74) is 0. The number of aliphatic hydroxyl groups is 1. The maximum atomic E-state index is 11.5. The van der Waals surface area contributed by atoms with Crippen molar-refractivity contribution in [1.29, 1.82) is 0 Å². The fourth-order valence-corrected chi connectivity index (χ4v) is 1.71. The first-order chi connectivity index (χ1) is 7.61. The van der Waals surface area contributed by atoms with Crippen LogP contribution in [0.2, 0.25) is 0 Å². The van der Waals surface area contributed by atoms with Crippen molar-refractivity contribution in [1.82, 2.24) is 10.2 Å². The van der Waals surface area contributed by atoms with Gasteiger partial charge in [-0.15, -0.1) is 0 Å². The molecule has 2 rings (SSSR count). The largest absolute Gasteiger partial charge is 0.391 e. The van der Waals surface area contributed by atoms with Gasteiger partial charge in [0.2, 0.25) is 5.91 Å². The molecule has 0 aromatic carbocycles. The quantitative estimate of drug-likeness (QED) is 0.626. The van der Waals surface area contributed by atoms with E-state index in [9.17, 15) is 9.59 Å². The first kappa shape index (κ1) is 11.3. The number of imide groups is 1. The number of amides is 3. The number of hydrogen-bond acceptors (Lipinski definition) is 5. The molecule has 2 N–H and O–H groups in total. The Balaban J connectivity index is 1.99. The number of aliphatic hydroxyl groups excluding tert-OH is 1. The molecule has 16 heavy (non-hydrogen) atoms. The van der Waals surface area contributed by atoms with Crippen LogP contribution in [0.3, 0.4) is 0 Å². The van der Waals surface area contributed by atoms with Gasteiger partial charge in [-0.1, -0.05) is 6.92 Å². The Bertz CT molecular complexity index is 308. The van der Waals surface area contributed by atoms with Gasteiger partial charge in [0, 0.05) is 6.54 Å². The second-order valence-electron chi connectivity index (χ2n) is 3.88. The molecule has 7 nitrogen and oxygen atoms in total. The van der Waals surface area contributed by atoms with E-state index >= 15 is 0 Å². The lowest BCUT2D eigenvalue weighted by molar-refractivity contribution is -0.130. The third kappa shape index (κ3) is 2.01. The molecule has 2 aliphatic heterocycles. The lowest BCUT2D eigenvalue weighted by Gasteiger charge is -2.33. The van der Waals surface area contributed by atoms with Crippen LogP contribution in [0.4, 0.5) is 4.79 Å². The third-order valence-electron chi connectivity index (χ3n) is 2.64. The van der Waals surface area contributed by atoms with Crippen LogP contribution in [0.15, 0.2) is 0 Å². The highest BCUT2D eigenvalue weighted by Crippen LogP contribution is 2.18. The number of carbonyl (C=O) groups excluding carboxylic acids is 2. The monoisotopic (exact) mass is 230 g/mol. The maximum Gasteiger partial charge on any atom is 0.326 e. The molecule has 2 aliphatic rings. The van der Waals surface area contributed by atoms with Crippen molar-refractivity contribution < 1.29 is 24.2 Å². The summed E-state index contributed by atoms with van der Waals surface area (Å²) in [7, 11) is 0. The first-order valence-electron chi connectivity index (χ1n) is 5.11. The van der Waals surface area contributed by atoms with E-state index < -0.39 is 18.5 Å². The molecule has 3 atom stereocenters. The molecule has 0 aromatic heterocycles. The molecule has 2 heterocycles. The number of hydrogen-bond donors (Lipinski definition) is 2. The lowest BCUT2D eigenvalue weighted by Crippen LogP contribution is -2.57. The van der Waals surface area contributed by atoms with E-state index in [1.54, 1.807) is 6.92 Å². The highest BCUT2D eigenvalue weighted by Gasteiger charge is 2.38. The minimum Gasteiger partial charge on any atom is -0.391 e. The fourth-order valence-electron chi connectivity index (χ4n) is 1.71. The van der Waals surface area contributed by atoms with Gasteiger partial charge in [-0.3, -0.25) is 15.0 Å². The molecule has 0 aliphatic carbocycles. The number of ether oxygens (including phenoxy) is 2. The number of nitrogens with zero attached hydrogens (tertiary/aromatic N) is 1. The highest BCUT2D eigenvalue weighted by molar-refractivity contribution is 5.97. The van der Waals surface area contributed by atoms with Gasteiger partial charge in [0.1, 0.15) is 0 Å². The zero-order valence-corrected chi connectivity index (χ0v) is 8.88. The summed E-state index contributed by atoms with van der Waals surface area (Å²) in [5, 5.41) is 11.1. The van der Waals surface area contributed by atoms with Crippen molar-refractivity contribution in [2.45, 2.75) is 19.4 Å². The third-order valence-corrected chi connectivity index (χ3v) is 2.64. The summed E-state index contributed by atoms with van der Waals surface area (Å²) in [5.74, 6) is -0.548. The van der Waals surface area contributed by atoms with E-state index in [4.69, 9.17) is 14.6 Å². The first-order valence-corrected chi connectivity index (χ1v) is 5.11. The van der Waals surface area contributed by atoms with Gasteiger partial charge in [-0.2, -0.15) is 0 Å². The molecular formula is C9H14N2O5. The SMILES string of the molecule is CC1CN(C2COC(CO)O2)C(=O)NC1=O. The van der Waals surface area contributed by atoms with Crippen molar-refractivity contribution >= 4 is 11.9 Å². The molecule has 0 spiro atoms. The zero-order valence-electron chi connectivity index (χ0n) is 8.88. The summed E-state index contributed by atoms with van der Waals surface area (Å²) >= 11 is 0. The molecular weight excluding hydrogens is 216 g/mol. The van der Waals surface area contributed by atoms with E-state index in [1.165, 1.54) is 4.90 Å². The van der Waals surface area contributed by atoms with E-state index in [-0.39, 0.29) is 25.0 Å². The summed E-state index contributed by atoms with van der Waals surface area (Å²) in [4.78, 5) is 24.1. The minimum absolute atomic E-state index is 0.208. The average molecular weight is 230 g/mol. The topological polar surface area (TPSA) is 88.1 Å². The lowest BCUT2D eigenvalue weighted by atomic mass is 10.1. The van der Waals surface area contributed by atoms with Gasteiger partial charge in [0.05, 0.1) is 19.1 Å². The molecule has 2 saturated heterocycles. The molecule has 3 amide bonds. The van der Waals surface area contributed by atoms with Crippen LogP contribution >= 0.6 is 0 Å². The number of nitrogens with one attached hydrogen (secondary N) is 1. The summed E-state index contributed by atoms with van der Waals surface area (Å²) in [6.45, 7) is 1.99. The Hall–Kier alpha value is -1.18. The second-order valence-corrected chi connectivity index (χ2v) is 3.88. The summed E-state index contributed by atoms with van der Waals surface area (Å²) < 4.78 is 10.4. The summed E-state index contributed by atoms with van der Waals surface area (Å²) in [6.07, 6.45) is -1.22. The van der Waals surface area contributed by atoms with Gasteiger partial charge in [-0.05, 0) is 0 Å². The van der Waals surface area contributed by atoms with E-state index in [0.717, 1.165) is 0 Å². The Labute approximate surface area is 92.3 Å². The molecule has 7 heteroatoms. The number of rotatable bonds is 2. The van der Waals surface area contributed by atoms with Crippen LogP contribution in [-0.2, 0) is 14.3 Å². The van der Waals surface area contributed by atoms with Crippen molar-refractivity contribution in [3.8, 4) is 0 Å². The zero-order chi connectivity index (χ0) is 11.7. The molecule has 0 saturated carbocycles. The minimum atomic E-state index is -0.689. The van der Waals surface area contributed by atoms with Gasteiger partial charge in [0.25, 0.3) is 0 Å². The van der Waals surface area contributed by atoms with Crippen LogP contribution in [0.1, 0.15) is 6.92 Å². The van der Waals surface area contributed by atoms with Gasteiger partial charge >= 0.3 is 6.03 Å². The van der Waals surface area contributed by atoms with Crippen molar-refractivity contribution in [2.24, 2.45) is 5.92 Å². The number of carbonyl (C=O) groups is 2. The Morgan fingerprint density at radius 1 is 1.56 bits per heavy atom. The van der Waals surface area contributed by atoms with Crippen LogP contribution in [0.5, 0.6) is 0 Å². The predicted octanol–water partition coefficient (Wildman–Crippen LogP) is -1.13. The predicted molar refractivity (Wildman–Crippen MR) is 51.1 cm³/mol. The van der Waals surface area contributed by atoms with E-state index in [2.05, 4.69) is 5.32 Å². The molecule has 2 fully saturated rings. The van der Waals surface area contributed by atoms with E-state index in [1.807, 2.05) is 0 Å². The van der Waals surface area contributed by atoms with Crippen molar-refractivity contribution in [2.75, 3.05) is 19.8 Å². The van der Waals surface area contributed by atoms with Crippen LogP contribution in [0, 0.1) is 5.92 Å². The highest BCUT2D eigenvalue weighted by atomic mass is 16.7. The average Bonchev–Trinajstić information content (AvgIpc) is 2.71. The normalized spacial score (nSPS) is 35.4. The smallest absolute Gasteiger partial charge is 0.326 e. The second kappa shape index (κ2) is 4.36. The molecule has 0 aromatic rings. The van der Waals surface area contributed by atoms with Crippen LogP contribution in [0.25, 0.3) is 0 Å². The maximum absolute atomic E-state index is 11.5. The Morgan fingerprint density at radius 2 is 2.31 bits per heavy atom. The van der Waals surface area contributed by atoms with Crippen LogP contribution in [-0.4, -0.2) is 54.2 Å². The Kier molecular flexibility index (Phi) is 3.08.